The molecular formula is C12H13F3N4. The molecule has 2 aromatic heterocycles. The van der Waals surface area contributed by atoms with Crippen LogP contribution in [0.2, 0.25) is 0 Å². The predicted molar refractivity (Wildman–Crippen MR) is 64.6 cm³/mol. The Hall–Kier alpha value is -2.05. The Labute approximate surface area is 108 Å². The second-order valence-electron chi connectivity index (χ2n) is 4.20. The fraction of sp³-hybridized carbons (Fsp3) is 0.333. The Morgan fingerprint density at radius 1 is 1.37 bits per heavy atom. The second-order valence-corrected chi connectivity index (χ2v) is 4.20. The molecule has 0 saturated heterocycles. The van der Waals surface area contributed by atoms with E-state index < -0.39 is 11.7 Å². The molecule has 0 bridgehead atoms. The first kappa shape index (κ1) is 13.4. The molecule has 102 valence electrons. The smallest absolute Gasteiger partial charge is 0.366 e. The van der Waals surface area contributed by atoms with Gasteiger partial charge in [0.15, 0.2) is 0 Å². The fourth-order valence-corrected chi connectivity index (χ4v) is 1.63. The van der Waals surface area contributed by atoms with Gasteiger partial charge in [0.2, 0.25) is 0 Å². The maximum Gasteiger partial charge on any atom is 0.417 e. The third kappa shape index (κ3) is 3.70. The summed E-state index contributed by atoms with van der Waals surface area (Å²) >= 11 is 0. The molecule has 2 heterocycles. The van der Waals surface area contributed by atoms with Crippen molar-refractivity contribution in [3.05, 3.63) is 42.4 Å². The Kier molecular flexibility index (Phi) is 3.73. The van der Waals surface area contributed by atoms with Crippen LogP contribution in [0.15, 0.2) is 36.8 Å². The summed E-state index contributed by atoms with van der Waals surface area (Å²) in [6.45, 7) is 2.51. The molecule has 1 atom stereocenters. The van der Waals surface area contributed by atoms with Crippen molar-refractivity contribution in [1.29, 1.82) is 0 Å². The monoisotopic (exact) mass is 270 g/mol. The summed E-state index contributed by atoms with van der Waals surface area (Å²) in [4.78, 5) is 3.75. The van der Waals surface area contributed by atoms with Crippen LogP contribution in [0.25, 0.3) is 0 Å². The SMILES string of the molecule is CC(Cn1cccn1)Nc1ccc(C(F)(F)F)cn1. The number of hydrogen-bond acceptors (Lipinski definition) is 3. The molecule has 1 N–H and O–H groups in total. The van der Waals surface area contributed by atoms with Crippen LogP contribution in [-0.2, 0) is 12.7 Å². The molecule has 0 fully saturated rings. The minimum atomic E-state index is -4.35. The van der Waals surface area contributed by atoms with Gasteiger partial charge in [-0.15, -0.1) is 0 Å². The number of nitrogens with zero attached hydrogens (tertiary/aromatic N) is 3. The van der Waals surface area contributed by atoms with E-state index in [1.807, 2.05) is 19.2 Å². The van der Waals surface area contributed by atoms with Gasteiger partial charge in [-0.3, -0.25) is 4.68 Å². The maximum absolute atomic E-state index is 12.4. The number of anilines is 1. The molecule has 0 saturated carbocycles. The molecule has 2 aromatic rings. The lowest BCUT2D eigenvalue weighted by atomic mass is 10.2. The van der Waals surface area contributed by atoms with Crippen LogP contribution in [0.3, 0.4) is 0 Å². The molecule has 0 aromatic carbocycles. The van der Waals surface area contributed by atoms with Gasteiger partial charge in [0.25, 0.3) is 0 Å². The molecular weight excluding hydrogens is 257 g/mol. The van der Waals surface area contributed by atoms with Crippen LogP contribution >= 0.6 is 0 Å². The summed E-state index contributed by atoms with van der Waals surface area (Å²) in [7, 11) is 0. The van der Waals surface area contributed by atoms with Crippen molar-refractivity contribution >= 4 is 5.82 Å². The lowest BCUT2D eigenvalue weighted by Gasteiger charge is -2.15. The summed E-state index contributed by atoms with van der Waals surface area (Å²) < 4.78 is 38.8. The molecule has 0 aliphatic heterocycles. The zero-order valence-electron chi connectivity index (χ0n) is 10.2. The minimum absolute atomic E-state index is 0.00383. The van der Waals surface area contributed by atoms with Gasteiger partial charge >= 0.3 is 6.18 Å². The quantitative estimate of drug-likeness (QED) is 0.929. The van der Waals surface area contributed by atoms with Crippen molar-refractivity contribution in [2.75, 3.05) is 5.32 Å². The number of hydrogen-bond donors (Lipinski definition) is 1. The van der Waals surface area contributed by atoms with Crippen molar-refractivity contribution in [3.63, 3.8) is 0 Å². The van der Waals surface area contributed by atoms with E-state index in [1.54, 1.807) is 10.9 Å². The van der Waals surface area contributed by atoms with E-state index in [1.165, 1.54) is 6.07 Å². The van der Waals surface area contributed by atoms with Gasteiger partial charge < -0.3 is 5.32 Å². The largest absolute Gasteiger partial charge is 0.417 e. The van der Waals surface area contributed by atoms with Gasteiger partial charge in [-0.2, -0.15) is 18.3 Å². The molecule has 0 amide bonds. The summed E-state index contributed by atoms with van der Waals surface area (Å²) in [6.07, 6.45) is -0.0450. The van der Waals surface area contributed by atoms with Crippen LogP contribution < -0.4 is 5.32 Å². The summed E-state index contributed by atoms with van der Waals surface area (Å²) in [5.41, 5.74) is -0.752. The lowest BCUT2D eigenvalue weighted by molar-refractivity contribution is -0.137. The van der Waals surface area contributed by atoms with Crippen LogP contribution in [-0.4, -0.2) is 20.8 Å². The molecule has 0 aliphatic rings. The van der Waals surface area contributed by atoms with E-state index >= 15 is 0 Å². The molecule has 0 radical (unpaired) electrons. The van der Waals surface area contributed by atoms with E-state index in [0.717, 1.165) is 12.3 Å². The summed E-state index contributed by atoms with van der Waals surface area (Å²) in [5.74, 6) is 0.410. The van der Waals surface area contributed by atoms with Crippen molar-refractivity contribution in [2.45, 2.75) is 25.7 Å². The Morgan fingerprint density at radius 3 is 2.68 bits per heavy atom. The van der Waals surface area contributed by atoms with Gasteiger partial charge in [-0.25, -0.2) is 4.98 Å². The summed E-state index contributed by atoms with van der Waals surface area (Å²) in [6, 6.07) is 4.14. The van der Waals surface area contributed by atoms with Crippen molar-refractivity contribution in [3.8, 4) is 0 Å². The normalized spacial score (nSPS) is 13.3. The Bertz CT molecular complexity index is 505. The predicted octanol–water partition coefficient (Wildman–Crippen LogP) is 2.80. The van der Waals surface area contributed by atoms with Gasteiger partial charge in [-0.05, 0) is 25.1 Å². The van der Waals surface area contributed by atoms with E-state index in [2.05, 4.69) is 15.4 Å². The maximum atomic E-state index is 12.4. The third-order valence-electron chi connectivity index (χ3n) is 2.51. The molecule has 7 heteroatoms. The molecule has 0 aliphatic carbocycles. The highest BCUT2D eigenvalue weighted by atomic mass is 19.4. The minimum Gasteiger partial charge on any atom is -0.366 e. The second kappa shape index (κ2) is 5.29. The number of halogens is 3. The van der Waals surface area contributed by atoms with Crippen LogP contribution in [0.5, 0.6) is 0 Å². The van der Waals surface area contributed by atoms with Crippen LogP contribution in [0.1, 0.15) is 12.5 Å². The van der Waals surface area contributed by atoms with Gasteiger partial charge in [0, 0.05) is 24.6 Å². The average molecular weight is 270 g/mol. The topological polar surface area (TPSA) is 42.7 Å². The number of alkyl halides is 3. The first-order valence-corrected chi connectivity index (χ1v) is 5.72. The highest BCUT2D eigenvalue weighted by Gasteiger charge is 2.30. The van der Waals surface area contributed by atoms with E-state index in [4.69, 9.17) is 0 Å². The van der Waals surface area contributed by atoms with Crippen molar-refractivity contribution in [2.24, 2.45) is 0 Å². The number of pyridine rings is 1. The molecule has 0 spiro atoms. The zero-order valence-corrected chi connectivity index (χ0v) is 10.2. The molecule has 4 nitrogen and oxygen atoms in total. The average Bonchev–Trinajstić information content (AvgIpc) is 2.81. The first-order valence-electron chi connectivity index (χ1n) is 5.72. The standard InChI is InChI=1S/C12H13F3N4/c1-9(8-19-6-2-5-17-19)18-11-4-3-10(7-16-11)12(13,14)15/h2-7,9H,8H2,1H3,(H,16,18). The fourth-order valence-electron chi connectivity index (χ4n) is 1.63. The number of nitrogens with one attached hydrogen (secondary N) is 1. The Morgan fingerprint density at radius 2 is 2.16 bits per heavy atom. The van der Waals surface area contributed by atoms with Crippen LogP contribution in [0, 0.1) is 0 Å². The van der Waals surface area contributed by atoms with Crippen molar-refractivity contribution < 1.29 is 13.2 Å². The van der Waals surface area contributed by atoms with Crippen molar-refractivity contribution in [1.82, 2.24) is 14.8 Å². The van der Waals surface area contributed by atoms with E-state index in [9.17, 15) is 13.2 Å². The van der Waals surface area contributed by atoms with Crippen LogP contribution in [0.4, 0.5) is 19.0 Å². The lowest BCUT2D eigenvalue weighted by Crippen LogP contribution is -2.22. The summed E-state index contributed by atoms with van der Waals surface area (Å²) in [5, 5.41) is 7.07. The van der Waals surface area contributed by atoms with Gasteiger partial charge in [0.05, 0.1) is 12.1 Å². The number of rotatable bonds is 4. The highest BCUT2D eigenvalue weighted by Crippen LogP contribution is 2.28. The van der Waals surface area contributed by atoms with Gasteiger partial charge in [-0.1, -0.05) is 0 Å². The molecule has 19 heavy (non-hydrogen) atoms. The van der Waals surface area contributed by atoms with E-state index in [0.29, 0.717) is 12.4 Å². The van der Waals surface area contributed by atoms with E-state index in [-0.39, 0.29) is 6.04 Å². The number of aromatic nitrogens is 3. The van der Waals surface area contributed by atoms with Gasteiger partial charge in [0.1, 0.15) is 5.82 Å². The molecule has 2 rings (SSSR count). The first-order chi connectivity index (χ1) is 8.95. The highest BCUT2D eigenvalue weighted by molar-refractivity contribution is 5.36. The molecule has 1 unspecified atom stereocenters. The Balaban J connectivity index is 1.96. The third-order valence-corrected chi connectivity index (χ3v) is 2.51. The zero-order chi connectivity index (χ0) is 13.9.